The number of anilines is 1. The molecule has 0 saturated carbocycles. The number of rotatable bonds is 5. The number of amides is 1. The van der Waals surface area contributed by atoms with Gasteiger partial charge in [-0.3, -0.25) is 10.1 Å². The average molecular weight is 570 g/mol. The van der Waals surface area contributed by atoms with E-state index in [0.29, 0.717) is 22.8 Å². The lowest BCUT2D eigenvalue weighted by Crippen LogP contribution is -2.27. The fourth-order valence-corrected chi connectivity index (χ4v) is 4.94. The largest absolute Gasteiger partial charge is 0.490 e. The lowest BCUT2D eigenvalue weighted by molar-refractivity contribution is -0.192. The number of nitriles is 1. The van der Waals surface area contributed by atoms with E-state index in [2.05, 4.69) is 26.7 Å². The van der Waals surface area contributed by atoms with Gasteiger partial charge in [0.05, 0.1) is 30.1 Å². The van der Waals surface area contributed by atoms with Gasteiger partial charge in [0.15, 0.2) is 5.13 Å². The minimum absolute atomic E-state index is 0.174. The smallest absolute Gasteiger partial charge is 0.475 e. The first kappa shape index (κ1) is 28.4. The van der Waals surface area contributed by atoms with E-state index in [0.717, 1.165) is 41.8 Å². The Kier molecular flexibility index (Phi) is 8.56. The van der Waals surface area contributed by atoms with Crippen LogP contribution in [0.15, 0.2) is 54.7 Å². The zero-order valence-corrected chi connectivity index (χ0v) is 21.5. The second-order valence-corrected chi connectivity index (χ2v) is 9.92. The molecule has 0 unspecified atom stereocenters. The number of aliphatic carboxylic acids is 1. The molecule has 40 heavy (non-hydrogen) atoms. The molecular formula is C26H22F3N7O3S. The SMILES string of the molecule is N#Cc1ccc(-c2cn(Cc3cccc(C(=O)Nc4nc5c(s4)C[C@H](N)CC5)c3)nn2)cc1.O=C(O)C(F)(F)F. The zero-order chi connectivity index (χ0) is 28.9. The van der Waals surface area contributed by atoms with Gasteiger partial charge >= 0.3 is 12.1 Å². The third kappa shape index (κ3) is 7.28. The summed E-state index contributed by atoms with van der Waals surface area (Å²) in [5.74, 6) is -2.95. The molecule has 0 fully saturated rings. The minimum atomic E-state index is -5.08. The third-order valence-corrected chi connectivity index (χ3v) is 6.86. The number of fused-ring (bicyclic) bond motifs is 1. The van der Waals surface area contributed by atoms with Crippen molar-refractivity contribution in [2.24, 2.45) is 5.73 Å². The van der Waals surface area contributed by atoms with Crippen LogP contribution in [0.25, 0.3) is 11.3 Å². The number of nitrogens with one attached hydrogen (secondary N) is 1. The number of alkyl halides is 3. The van der Waals surface area contributed by atoms with Crippen LogP contribution < -0.4 is 11.1 Å². The van der Waals surface area contributed by atoms with Gasteiger partial charge in [-0.15, -0.1) is 16.4 Å². The van der Waals surface area contributed by atoms with Crippen LogP contribution in [0.1, 0.15) is 38.5 Å². The van der Waals surface area contributed by atoms with Crippen molar-refractivity contribution in [2.75, 3.05) is 5.32 Å². The molecule has 0 aliphatic heterocycles. The first-order chi connectivity index (χ1) is 19.0. The van der Waals surface area contributed by atoms with Crippen molar-refractivity contribution in [1.82, 2.24) is 20.0 Å². The molecule has 0 saturated heterocycles. The summed E-state index contributed by atoms with van der Waals surface area (Å²) in [6.45, 7) is 0.480. The molecular weight excluding hydrogens is 547 g/mol. The molecule has 4 aromatic rings. The van der Waals surface area contributed by atoms with E-state index in [9.17, 15) is 18.0 Å². The molecule has 2 heterocycles. The van der Waals surface area contributed by atoms with E-state index in [1.165, 1.54) is 16.2 Å². The molecule has 1 aliphatic carbocycles. The standard InChI is InChI=1S/C24H21N7OS.C2HF3O2/c25-12-15-4-6-17(7-5-15)21-14-31(30-29-21)13-16-2-1-3-18(10-16)23(32)28-24-27-20-9-8-19(26)11-22(20)33-24;3-2(4,5)1(6)7/h1-7,10,14,19H,8-9,11,13,26H2,(H,27,28,32);(H,6,7)/t19-;/m1./s1. The summed E-state index contributed by atoms with van der Waals surface area (Å²) < 4.78 is 33.5. The minimum Gasteiger partial charge on any atom is -0.475 e. The van der Waals surface area contributed by atoms with E-state index < -0.39 is 12.1 Å². The van der Waals surface area contributed by atoms with Crippen LogP contribution in [-0.2, 0) is 24.2 Å². The molecule has 2 aromatic carbocycles. The van der Waals surface area contributed by atoms with Gasteiger partial charge in [-0.2, -0.15) is 18.4 Å². The van der Waals surface area contributed by atoms with Gasteiger partial charge in [0.1, 0.15) is 5.69 Å². The number of carbonyl (C=O) groups is 2. The lowest BCUT2D eigenvalue weighted by Gasteiger charge is -2.15. The number of carbonyl (C=O) groups excluding carboxylic acids is 1. The number of thiazole rings is 1. The monoisotopic (exact) mass is 569 g/mol. The van der Waals surface area contributed by atoms with Crippen LogP contribution in [0.4, 0.5) is 18.3 Å². The summed E-state index contributed by atoms with van der Waals surface area (Å²) in [5, 5.41) is 28.0. The lowest BCUT2D eigenvalue weighted by atomic mass is 9.99. The van der Waals surface area contributed by atoms with Crippen LogP contribution >= 0.6 is 11.3 Å². The van der Waals surface area contributed by atoms with Crippen LogP contribution in [0.2, 0.25) is 0 Å². The number of aromatic nitrogens is 4. The summed E-state index contributed by atoms with van der Waals surface area (Å²) in [6.07, 6.45) is -0.623. The number of benzene rings is 2. The van der Waals surface area contributed by atoms with Crippen LogP contribution in [0.5, 0.6) is 0 Å². The fourth-order valence-electron chi connectivity index (χ4n) is 3.84. The van der Waals surface area contributed by atoms with Crippen molar-refractivity contribution >= 4 is 28.3 Å². The Bertz CT molecular complexity index is 1560. The van der Waals surface area contributed by atoms with Gasteiger partial charge < -0.3 is 10.8 Å². The maximum absolute atomic E-state index is 12.8. The van der Waals surface area contributed by atoms with E-state index in [4.69, 9.17) is 20.9 Å². The molecule has 5 rings (SSSR count). The van der Waals surface area contributed by atoms with E-state index in [1.807, 2.05) is 36.5 Å². The Hall–Kier alpha value is -4.61. The molecule has 4 N–H and O–H groups in total. The topological polar surface area (TPSA) is 160 Å². The first-order valence-corrected chi connectivity index (χ1v) is 12.7. The normalized spacial score (nSPS) is 14.3. The van der Waals surface area contributed by atoms with Gasteiger partial charge in [-0.05, 0) is 49.1 Å². The number of aryl methyl sites for hydroxylation is 1. The Balaban J connectivity index is 0.000000470. The maximum atomic E-state index is 12.8. The highest BCUT2D eigenvalue weighted by Crippen LogP contribution is 2.29. The summed E-state index contributed by atoms with van der Waals surface area (Å²) in [6, 6.07) is 16.9. The van der Waals surface area contributed by atoms with Crippen molar-refractivity contribution in [3.05, 3.63) is 82.0 Å². The number of halogens is 3. The molecule has 10 nitrogen and oxygen atoms in total. The van der Waals surface area contributed by atoms with Crippen LogP contribution in [-0.4, -0.2) is 49.2 Å². The highest BCUT2D eigenvalue weighted by Gasteiger charge is 2.38. The van der Waals surface area contributed by atoms with E-state index in [1.54, 1.807) is 22.9 Å². The van der Waals surface area contributed by atoms with Gasteiger partial charge in [0.2, 0.25) is 0 Å². The van der Waals surface area contributed by atoms with Crippen LogP contribution in [0.3, 0.4) is 0 Å². The molecule has 0 spiro atoms. The second kappa shape index (κ2) is 12.1. The summed E-state index contributed by atoms with van der Waals surface area (Å²) in [4.78, 5) is 27.4. The van der Waals surface area contributed by atoms with Crippen molar-refractivity contribution in [1.29, 1.82) is 5.26 Å². The zero-order valence-electron chi connectivity index (χ0n) is 20.7. The Labute approximate surface area is 229 Å². The van der Waals surface area contributed by atoms with E-state index >= 15 is 0 Å². The summed E-state index contributed by atoms with van der Waals surface area (Å²) in [7, 11) is 0. The Morgan fingerprint density at radius 2 is 1.95 bits per heavy atom. The number of nitrogens with zero attached hydrogens (tertiary/aromatic N) is 5. The number of carboxylic acid groups (broad SMARTS) is 1. The second-order valence-electron chi connectivity index (χ2n) is 8.84. The van der Waals surface area contributed by atoms with Crippen molar-refractivity contribution in [3.8, 4) is 17.3 Å². The molecule has 1 amide bonds. The Morgan fingerprint density at radius 1 is 1.23 bits per heavy atom. The molecule has 1 atom stereocenters. The highest BCUT2D eigenvalue weighted by molar-refractivity contribution is 7.15. The van der Waals surface area contributed by atoms with Crippen molar-refractivity contribution in [3.63, 3.8) is 0 Å². The number of hydrogen-bond donors (Lipinski definition) is 3. The summed E-state index contributed by atoms with van der Waals surface area (Å²) >= 11 is 1.51. The number of nitrogens with two attached hydrogens (primary N) is 1. The maximum Gasteiger partial charge on any atom is 0.490 e. The molecule has 0 radical (unpaired) electrons. The van der Waals surface area contributed by atoms with Crippen LogP contribution in [0, 0.1) is 11.3 Å². The molecule has 1 aliphatic rings. The van der Waals surface area contributed by atoms with Gasteiger partial charge in [0.25, 0.3) is 5.91 Å². The number of hydrogen-bond acceptors (Lipinski definition) is 8. The predicted octanol–water partition coefficient (Wildman–Crippen LogP) is 4.02. The predicted molar refractivity (Wildman–Crippen MR) is 139 cm³/mol. The Morgan fingerprint density at radius 3 is 2.62 bits per heavy atom. The van der Waals surface area contributed by atoms with Crippen molar-refractivity contribution < 1.29 is 27.9 Å². The number of carboxylic acids is 1. The third-order valence-electron chi connectivity index (χ3n) is 5.82. The van der Waals surface area contributed by atoms with Crippen molar-refractivity contribution in [2.45, 2.75) is 38.0 Å². The fraction of sp³-hybridized carbons (Fsp3) is 0.231. The summed E-state index contributed by atoms with van der Waals surface area (Å²) in [5.41, 5.74) is 10.8. The molecule has 206 valence electrons. The van der Waals surface area contributed by atoms with E-state index in [-0.39, 0.29) is 11.9 Å². The van der Waals surface area contributed by atoms with Gasteiger partial charge in [0, 0.05) is 22.0 Å². The molecule has 14 heteroatoms. The highest BCUT2D eigenvalue weighted by atomic mass is 32.1. The molecule has 0 bridgehead atoms. The van der Waals surface area contributed by atoms with Gasteiger partial charge in [-0.1, -0.05) is 29.5 Å². The van der Waals surface area contributed by atoms with Gasteiger partial charge in [-0.25, -0.2) is 14.5 Å². The first-order valence-electron chi connectivity index (χ1n) is 11.9. The average Bonchev–Trinajstić information content (AvgIpc) is 3.55. The molecule has 2 aromatic heterocycles. The quantitative estimate of drug-likeness (QED) is 0.325.